The molecular formula is C19H18N2O5. The summed E-state index contributed by atoms with van der Waals surface area (Å²) < 4.78 is 12.2. The van der Waals surface area contributed by atoms with Crippen molar-refractivity contribution in [3.63, 3.8) is 0 Å². The van der Waals surface area contributed by atoms with E-state index in [1.54, 1.807) is 31.2 Å². The van der Waals surface area contributed by atoms with Crippen molar-refractivity contribution in [1.82, 2.24) is 9.88 Å². The van der Waals surface area contributed by atoms with Gasteiger partial charge in [0.05, 0.1) is 18.7 Å². The summed E-state index contributed by atoms with van der Waals surface area (Å²) in [6.45, 7) is 1.95. The fourth-order valence-corrected chi connectivity index (χ4v) is 2.72. The summed E-state index contributed by atoms with van der Waals surface area (Å²) in [4.78, 5) is 36.4. The lowest BCUT2D eigenvalue weighted by molar-refractivity contribution is 0.0525. The van der Waals surface area contributed by atoms with Gasteiger partial charge in [-0.25, -0.2) is 4.79 Å². The molecule has 0 radical (unpaired) electrons. The van der Waals surface area contributed by atoms with Crippen LogP contribution in [0.2, 0.25) is 0 Å². The van der Waals surface area contributed by atoms with Crippen molar-refractivity contribution in [2.45, 2.75) is 13.5 Å². The van der Waals surface area contributed by atoms with Gasteiger partial charge in [0.2, 0.25) is 0 Å². The molecule has 0 spiro atoms. The predicted molar refractivity (Wildman–Crippen MR) is 95.4 cm³/mol. The van der Waals surface area contributed by atoms with E-state index < -0.39 is 5.97 Å². The van der Waals surface area contributed by atoms with E-state index in [1.807, 2.05) is 0 Å². The summed E-state index contributed by atoms with van der Waals surface area (Å²) >= 11 is 0. The average Bonchev–Trinajstić information content (AvgIpc) is 3.01. The summed E-state index contributed by atoms with van der Waals surface area (Å²) in [7, 11) is 1.51. The number of para-hydroxylation sites is 1. The van der Waals surface area contributed by atoms with Gasteiger partial charge in [0.15, 0.2) is 0 Å². The van der Waals surface area contributed by atoms with E-state index in [4.69, 9.17) is 9.15 Å². The lowest BCUT2D eigenvalue weighted by Crippen LogP contribution is -2.24. The number of esters is 1. The first-order valence-electron chi connectivity index (χ1n) is 8.15. The maximum Gasteiger partial charge on any atom is 0.342 e. The number of rotatable bonds is 5. The quantitative estimate of drug-likeness (QED) is 0.709. The van der Waals surface area contributed by atoms with Gasteiger partial charge in [0, 0.05) is 24.7 Å². The molecule has 1 aromatic carbocycles. The molecule has 7 nitrogen and oxygen atoms in total. The molecule has 0 saturated heterocycles. The molecule has 2 heterocycles. The van der Waals surface area contributed by atoms with Crippen LogP contribution in [0.25, 0.3) is 11.0 Å². The summed E-state index contributed by atoms with van der Waals surface area (Å²) in [5.41, 5.74) is 0.842. The Morgan fingerprint density at radius 1 is 1.19 bits per heavy atom. The molecule has 26 heavy (non-hydrogen) atoms. The fourth-order valence-electron chi connectivity index (χ4n) is 2.72. The molecule has 0 aliphatic carbocycles. The number of hydrogen-bond acceptors (Lipinski definition) is 5. The van der Waals surface area contributed by atoms with Gasteiger partial charge >= 0.3 is 5.97 Å². The molecule has 3 aromatic rings. The number of aromatic nitrogens is 1. The van der Waals surface area contributed by atoms with Gasteiger partial charge in [-0.1, -0.05) is 18.2 Å². The van der Waals surface area contributed by atoms with Crippen LogP contribution < -0.4 is 10.9 Å². The number of amides is 1. The van der Waals surface area contributed by atoms with E-state index >= 15 is 0 Å². The topological polar surface area (TPSA) is 90.5 Å². The molecule has 7 heteroatoms. The minimum absolute atomic E-state index is 0.00644. The van der Waals surface area contributed by atoms with Crippen LogP contribution >= 0.6 is 0 Å². The van der Waals surface area contributed by atoms with E-state index in [0.717, 1.165) is 0 Å². The van der Waals surface area contributed by atoms with Crippen LogP contribution in [0.5, 0.6) is 0 Å². The van der Waals surface area contributed by atoms with Crippen LogP contribution in [0.3, 0.4) is 0 Å². The monoisotopic (exact) mass is 354 g/mol. The smallest absolute Gasteiger partial charge is 0.342 e. The van der Waals surface area contributed by atoms with Crippen molar-refractivity contribution in [3.05, 3.63) is 69.8 Å². The number of nitrogens with one attached hydrogen (secondary N) is 1. The number of hydrogen-bond donors (Lipinski definition) is 1. The van der Waals surface area contributed by atoms with Crippen LogP contribution in [-0.4, -0.2) is 30.1 Å². The lowest BCUT2D eigenvalue weighted by atomic mass is 10.1. The number of fused-ring (bicyclic) bond motifs is 1. The van der Waals surface area contributed by atoms with Crippen LogP contribution in [0.4, 0.5) is 0 Å². The van der Waals surface area contributed by atoms with Gasteiger partial charge < -0.3 is 19.0 Å². The van der Waals surface area contributed by atoms with Gasteiger partial charge in [-0.3, -0.25) is 9.59 Å². The van der Waals surface area contributed by atoms with Crippen molar-refractivity contribution < 1.29 is 18.7 Å². The third-order valence-electron chi connectivity index (χ3n) is 3.93. The van der Waals surface area contributed by atoms with E-state index in [9.17, 15) is 14.4 Å². The Morgan fingerprint density at radius 3 is 2.69 bits per heavy atom. The Morgan fingerprint density at radius 2 is 1.96 bits per heavy atom. The number of nitrogens with zero attached hydrogens (tertiary/aromatic N) is 1. The minimum atomic E-state index is -0.511. The Kier molecular flexibility index (Phi) is 4.88. The second kappa shape index (κ2) is 7.26. The predicted octanol–water partition coefficient (Wildman–Crippen LogP) is 2.18. The highest BCUT2D eigenvalue weighted by Gasteiger charge is 2.22. The number of benzene rings is 1. The highest BCUT2D eigenvalue weighted by Crippen LogP contribution is 2.27. The molecule has 0 bridgehead atoms. The Hall–Kier alpha value is -3.35. The highest BCUT2D eigenvalue weighted by molar-refractivity contribution is 6.04. The standard InChI is InChI=1S/C19H18N2O5/c1-3-25-19(24)17-13-6-4-5-7-14(13)26-15(17)11-21-10-12(18(23)20-2)8-9-16(21)22/h4-10H,3,11H2,1-2H3,(H,20,23). The van der Waals surface area contributed by atoms with Crippen molar-refractivity contribution in [2.24, 2.45) is 0 Å². The van der Waals surface area contributed by atoms with Gasteiger partial charge in [-0.2, -0.15) is 0 Å². The summed E-state index contributed by atoms with van der Waals surface area (Å²) in [5.74, 6) is -0.516. The number of carbonyl (C=O) groups excluding carboxylic acids is 2. The third-order valence-corrected chi connectivity index (χ3v) is 3.93. The average molecular weight is 354 g/mol. The van der Waals surface area contributed by atoms with Crippen molar-refractivity contribution in [2.75, 3.05) is 13.7 Å². The maximum atomic E-state index is 12.4. The lowest BCUT2D eigenvalue weighted by Gasteiger charge is -2.08. The van der Waals surface area contributed by atoms with Crippen molar-refractivity contribution in [1.29, 1.82) is 0 Å². The number of pyridine rings is 1. The van der Waals surface area contributed by atoms with Crippen LogP contribution in [0.1, 0.15) is 33.4 Å². The zero-order valence-corrected chi connectivity index (χ0v) is 14.4. The maximum absolute atomic E-state index is 12.4. The summed E-state index contributed by atoms with van der Waals surface area (Å²) in [6.07, 6.45) is 1.43. The van der Waals surface area contributed by atoms with Gasteiger partial charge in [0.25, 0.3) is 11.5 Å². The third kappa shape index (κ3) is 3.23. The Bertz CT molecular complexity index is 1030. The molecule has 134 valence electrons. The number of ether oxygens (including phenoxy) is 1. The van der Waals surface area contributed by atoms with Crippen LogP contribution in [-0.2, 0) is 11.3 Å². The normalized spacial score (nSPS) is 10.7. The molecule has 0 saturated carbocycles. The van der Waals surface area contributed by atoms with E-state index in [0.29, 0.717) is 27.9 Å². The molecule has 1 N–H and O–H groups in total. The molecule has 3 rings (SSSR count). The molecule has 2 aromatic heterocycles. The minimum Gasteiger partial charge on any atom is -0.462 e. The van der Waals surface area contributed by atoms with Gasteiger partial charge in [0.1, 0.15) is 16.9 Å². The zero-order chi connectivity index (χ0) is 18.7. The van der Waals surface area contributed by atoms with Gasteiger partial charge in [-0.05, 0) is 19.1 Å². The molecule has 0 fully saturated rings. The fraction of sp³-hybridized carbons (Fsp3) is 0.211. The highest BCUT2D eigenvalue weighted by atomic mass is 16.5. The van der Waals surface area contributed by atoms with E-state index in [-0.39, 0.29) is 24.6 Å². The second-order valence-electron chi connectivity index (χ2n) is 5.58. The summed E-state index contributed by atoms with van der Waals surface area (Å²) in [5, 5.41) is 3.13. The first-order valence-corrected chi connectivity index (χ1v) is 8.15. The number of furan rings is 1. The van der Waals surface area contributed by atoms with Crippen LogP contribution in [0, 0.1) is 0 Å². The first-order chi connectivity index (χ1) is 12.5. The second-order valence-corrected chi connectivity index (χ2v) is 5.58. The van der Waals surface area contributed by atoms with Crippen molar-refractivity contribution in [3.8, 4) is 0 Å². The van der Waals surface area contributed by atoms with E-state index in [2.05, 4.69) is 5.32 Å². The molecule has 1 amide bonds. The largest absolute Gasteiger partial charge is 0.462 e. The summed E-state index contributed by atoms with van der Waals surface area (Å²) in [6, 6.07) is 9.84. The Balaban J connectivity index is 2.09. The first kappa shape index (κ1) is 17.5. The zero-order valence-electron chi connectivity index (χ0n) is 14.4. The van der Waals surface area contributed by atoms with Crippen LogP contribution in [0.15, 0.2) is 51.8 Å². The molecule has 0 aliphatic heterocycles. The Labute approximate surface area is 149 Å². The van der Waals surface area contributed by atoms with Crippen molar-refractivity contribution >= 4 is 22.8 Å². The van der Waals surface area contributed by atoms with Gasteiger partial charge in [-0.15, -0.1) is 0 Å². The SMILES string of the molecule is CCOC(=O)c1c(Cn2cc(C(=O)NC)ccc2=O)oc2ccccc12. The molecule has 0 atom stereocenters. The molecule has 0 unspecified atom stereocenters. The molecular weight excluding hydrogens is 336 g/mol. The number of carbonyl (C=O) groups is 2. The molecule has 0 aliphatic rings. The van der Waals surface area contributed by atoms with E-state index in [1.165, 1.54) is 29.9 Å².